The van der Waals surface area contributed by atoms with Gasteiger partial charge in [-0.3, -0.25) is 10.1 Å². The van der Waals surface area contributed by atoms with E-state index in [9.17, 15) is 9.59 Å². The van der Waals surface area contributed by atoms with E-state index in [1.807, 2.05) is 30.3 Å². The summed E-state index contributed by atoms with van der Waals surface area (Å²) in [5.74, 6) is 0.282. The molecule has 0 fully saturated rings. The Labute approximate surface area is 100 Å². The molecule has 5 nitrogen and oxygen atoms in total. The highest BCUT2D eigenvalue weighted by atomic mass is 16.2. The summed E-state index contributed by atoms with van der Waals surface area (Å²) in [4.78, 5) is 26.7. The first-order valence-corrected chi connectivity index (χ1v) is 5.17. The summed E-state index contributed by atoms with van der Waals surface area (Å²) in [6.07, 6.45) is 0.396. The van der Waals surface area contributed by atoms with Crippen molar-refractivity contribution in [3.05, 3.63) is 35.9 Å². The number of amides is 3. The first kappa shape index (κ1) is 12.9. The number of nitrogens with zero attached hydrogens (tertiary/aromatic N) is 2. The number of urea groups is 1. The van der Waals surface area contributed by atoms with Crippen molar-refractivity contribution in [3.8, 4) is 0 Å². The SMILES string of the molecule is CC(=NC=O)NC(=O)N(C)Cc1ccccc1. The summed E-state index contributed by atoms with van der Waals surface area (Å²) < 4.78 is 0. The van der Waals surface area contributed by atoms with Crippen LogP contribution in [-0.2, 0) is 11.3 Å². The summed E-state index contributed by atoms with van der Waals surface area (Å²) in [5.41, 5.74) is 1.04. The molecule has 1 aromatic carbocycles. The molecule has 5 heteroatoms. The molecule has 17 heavy (non-hydrogen) atoms. The Bertz CT molecular complexity index is 415. The summed E-state index contributed by atoms with van der Waals surface area (Å²) >= 11 is 0. The first-order valence-electron chi connectivity index (χ1n) is 5.17. The molecule has 90 valence electrons. The molecule has 0 spiro atoms. The number of benzene rings is 1. The fraction of sp³-hybridized carbons (Fsp3) is 0.250. The van der Waals surface area contributed by atoms with Crippen LogP contribution in [0.4, 0.5) is 4.79 Å². The minimum atomic E-state index is -0.294. The van der Waals surface area contributed by atoms with Gasteiger partial charge in [0.25, 0.3) is 0 Å². The highest BCUT2D eigenvalue weighted by Gasteiger charge is 2.08. The Hall–Kier alpha value is -2.17. The van der Waals surface area contributed by atoms with Crippen molar-refractivity contribution in [1.82, 2.24) is 10.2 Å². The molecule has 0 saturated heterocycles. The van der Waals surface area contributed by atoms with Crippen LogP contribution in [0.5, 0.6) is 0 Å². The molecule has 0 aliphatic rings. The van der Waals surface area contributed by atoms with Crippen molar-refractivity contribution in [3.63, 3.8) is 0 Å². The van der Waals surface area contributed by atoms with Crippen molar-refractivity contribution in [2.24, 2.45) is 4.99 Å². The van der Waals surface area contributed by atoms with E-state index in [2.05, 4.69) is 10.3 Å². The second-order valence-corrected chi connectivity index (χ2v) is 3.59. The molecule has 0 radical (unpaired) electrons. The summed E-state index contributed by atoms with van der Waals surface area (Å²) in [7, 11) is 1.68. The van der Waals surface area contributed by atoms with Crippen LogP contribution in [0, 0.1) is 0 Å². The molecule has 0 heterocycles. The second-order valence-electron chi connectivity index (χ2n) is 3.59. The van der Waals surface area contributed by atoms with Gasteiger partial charge in [-0.25, -0.2) is 9.79 Å². The zero-order chi connectivity index (χ0) is 12.7. The van der Waals surface area contributed by atoms with E-state index in [4.69, 9.17) is 0 Å². The Kier molecular flexibility index (Phi) is 4.87. The van der Waals surface area contributed by atoms with Crippen molar-refractivity contribution in [1.29, 1.82) is 0 Å². The molecule has 1 rings (SSSR count). The van der Waals surface area contributed by atoms with E-state index < -0.39 is 0 Å². The number of carbonyl (C=O) groups is 2. The molecular formula is C12H15N3O2. The molecule has 1 N–H and O–H groups in total. The number of nitrogens with one attached hydrogen (secondary N) is 1. The predicted octanol–water partition coefficient (Wildman–Crippen LogP) is 1.40. The van der Waals surface area contributed by atoms with Crippen LogP contribution in [-0.4, -0.2) is 30.2 Å². The van der Waals surface area contributed by atoms with Gasteiger partial charge in [0.2, 0.25) is 6.41 Å². The third-order valence-corrected chi connectivity index (χ3v) is 2.14. The Morgan fingerprint density at radius 3 is 2.65 bits per heavy atom. The topological polar surface area (TPSA) is 61.8 Å². The maximum absolute atomic E-state index is 11.7. The first-order chi connectivity index (χ1) is 8.13. The number of hydrogen-bond donors (Lipinski definition) is 1. The fourth-order valence-corrected chi connectivity index (χ4v) is 1.29. The van der Waals surface area contributed by atoms with Crippen molar-refractivity contribution in [2.45, 2.75) is 13.5 Å². The van der Waals surface area contributed by atoms with Crippen LogP contribution in [0.3, 0.4) is 0 Å². The van der Waals surface area contributed by atoms with Crippen LogP contribution in [0.15, 0.2) is 35.3 Å². The van der Waals surface area contributed by atoms with Crippen LogP contribution in [0.1, 0.15) is 12.5 Å². The van der Waals surface area contributed by atoms with Gasteiger partial charge in [-0.15, -0.1) is 0 Å². The van der Waals surface area contributed by atoms with Crippen molar-refractivity contribution >= 4 is 18.3 Å². The molecule has 0 unspecified atom stereocenters. The van der Waals surface area contributed by atoms with Crippen LogP contribution < -0.4 is 5.32 Å². The van der Waals surface area contributed by atoms with Gasteiger partial charge in [-0.05, 0) is 12.5 Å². The highest BCUT2D eigenvalue weighted by molar-refractivity contribution is 5.98. The maximum atomic E-state index is 11.7. The van der Waals surface area contributed by atoms with Gasteiger partial charge in [-0.1, -0.05) is 30.3 Å². The predicted molar refractivity (Wildman–Crippen MR) is 65.6 cm³/mol. The Morgan fingerprint density at radius 2 is 2.06 bits per heavy atom. The van der Waals surface area contributed by atoms with Gasteiger partial charge in [0.05, 0.1) is 0 Å². The normalized spacial score (nSPS) is 10.8. The average molecular weight is 233 g/mol. The molecule has 0 aliphatic carbocycles. The summed E-state index contributed by atoms with van der Waals surface area (Å²) in [6.45, 7) is 2.06. The van der Waals surface area contributed by atoms with E-state index in [0.717, 1.165) is 5.56 Å². The molecule has 0 saturated carbocycles. The third-order valence-electron chi connectivity index (χ3n) is 2.14. The number of hydrogen-bond acceptors (Lipinski definition) is 2. The Balaban J connectivity index is 2.53. The van der Waals surface area contributed by atoms with E-state index in [0.29, 0.717) is 13.0 Å². The van der Waals surface area contributed by atoms with Gasteiger partial charge >= 0.3 is 6.03 Å². The van der Waals surface area contributed by atoms with Crippen LogP contribution in [0.2, 0.25) is 0 Å². The lowest BCUT2D eigenvalue weighted by atomic mass is 10.2. The number of carbonyl (C=O) groups excluding carboxylic acids is 2. The zero-order valence-corrected chi connectivity index (χ0v) is 9.88. The number of amidine groups is 1. The lowest BCUT2D eigenvalue weighted by Gasteiger charge is -2.17. The van der Waals surface area contributed by atoms with E-state index in [1.165, 1.54) is 4.90 Å². The molecular weight excluding hydrogens is 218 g/mol. The van der Waals surface area contributed by atoms with Gasteiger partial charge < -0.3 is 4.90 Å². The van der Waals surface area contributed by atoms with Crippen molar-refractivity contribution < 1.29 is 9.59 Å². The largest absolute Gasteiger partial charge is 0.323 e. The lowest BCUT2D eigenvalue weighted by molar-refractivity contribution is -0.106. The second kappa shape index (κ2) is 6.42. The molecule has 0 aliphatic heterocycles. The maximum Gasteiger partial charge on any atom is 0.322 e. The highest BCUT2D eigenvalue weighted by Crippen LogP contribution is 2.02. The van der Waals surface area contributed by atoms with E-state index >= 15 is 0 Å². The average Bonchev–Trinajstić information content (AvgIpc) is 2.30. The smallest absolute Gasteiger partial charge is 0.322 e. The fourth-order valence-electron chi connectivity index (χ4n) is 1.29. The van der Waals surface area contributed by atoms with E-state index in [-0.39, 0.29) is 11.9 Å². The molecule has 0 bridgehead atoms. The molecule has 0 atom stereocenters. The minimum absolute atomic E-state index is 0.282. The Morgan fingerprint density at radius 1 is 1.41 bits per heavy atom. The third kappa shape index (κ3) is 4.46. The molecule has 3 amide bonds. The quantitative estimate of drug-likeness (QED) is 0.487. The lowest BCUT2D eigenvalue weighted by Crippen LogP contribution is -2.39. The summed E-state index contributed by atoms with van der Waals surface area (Å²) in [6, 6.07) is 9.34. The summed E-state index contributed by atoms with van der Waals surface area (Å²) in [5, 5.41) is 2.51. The zero-order valence-electron chi connectivity index (χ0n) is 9.88. The van der Waals surface area contributed by atoms with Gasteiger partial charge in [0.15, 0.2) is 0 Å². The van der Waals surface area contributed by atoms with Gasteiger partial charge in [-0.2, -0.15) is 0 Å². The van der Waals surface area contributed by atoms with Crippen molar-refractivity contribution in [2.75, 3.05) is 7.05 Å². The number of rotatable bonds is 3. The van der Waals surface area contributed by atoms with Gasteiger partial charge in [0, 0.05) is 13.6 Å². The van der Waals surface area contributed by atoms with Crippen LogP contribution in [0.25, 0.3) is 0 Å². The van der Waals surface area contributed by atoms with Crippen LogP contribution >= 0.6 is 0 Å². The minimum Gasteiger partial charge on any atom is -0.323 e. The molecule has 1 aromatic rings. The van der Waals surface area contributed by atoms with E-state index in [1.54, 1.807) is 14.0 Å². The number of aliphatic imine (C=N–C) groups is 1. The monoisotopic (exact) mass is 233 g/mol. The molecule has 0 aromatic heterocycles. The van der Waals surface area contributed by atoms with Gasteiger partial charge in [0.1, 0.15) is 5.84 Å². The standard InChI is InChI=1S/C12H15N3O2/c1-10(13-9-16)14-12(17)15(2)8-11-6-4-3-5-7-11/h3-7,9H,8H2,1-2H3,(H,13,14,16,17).